The Kier molecular flexibility index (Phi) is 9.83. The van der Waals surface area contributed by atoms with Gasteiger partial charge in [-0.1, -0.05) is 128 Å². The zero-order valence-corrected chi connectivity index (χ0v) is 21.0. The number of hydrogen-bond donors (Lipinski definition) is 0. The first-order valence-corrected chi connectivity index (χ1v) is 15.4. The van der Waals surface area contributed by atoms with Crippen molar-refractivity contribution in [2.24, 2.45) is 0 Å². The summed E-state index contributed by atoms with van der Waals surface area (Å²) < 4.78 is 0. The van der Waals surface area contributed by atoms with E-state index in [0.29, 0.717) is 0 Å². The smallest absolute Gasteiger partial charge is 0.0650 e. The van der Waals surface area contributed by atoms with Crippen LogP contribution in [0.15, 0.2) is 12.2 Å². The number of rotatable bonds is 10. The van der Waals surface area contributed by atoms with E-state index in [4.69, 9.17) is 0 Å². The van der Waals surface area contributed by atoms with Crippen LogP contribution in [0.1, 0.15) is 83.1 Å². The fourth-order valence-electron chi connectivity index (χ4n) is 5.99. The van der Waals surface area contributed by atoms with Gasteiger partial charge in [0.05, 0.1) is 16.1 Å². The van der Waals surface area contributed by atoms with Gasteiger partial charge >= 0.3 is 0 Å². The van der Waals surface area contributed by atoms with Crippen LogP contribution in [0.2, 0.25) is 45.3 Å². The van der Waals surface area contributed by atoms with Crippen molar-refractivity contribution in [3.8, 4) is 0 Å². The summed E-state index contributed by atoms with van der Waals surface area (Å²) in [6.07, 6.45) is 5.22. The molecule has 144 valence electrons. The van der Waals surface area contributed by atoms with E-state index in [0.717, 1.165) is 33.2 Å². The number of allylic oxidation sites excluding steroid dienone is 2. The summed E-state index contributed by atoms with van der Waals surface area (Å²) in [4.78, 5) is 0. The van der Waals surface area contributed by atoms with Gasteiger partial charge in [-0.3, -0.25) is 0 Å². The van der Waals surface area contributed by atoms with Gasteiger partial charge in [0.2, 0.25) is 0 Å². The first-order valence-electron chi connectivity index (χ1n) is 10.5. The Morgan fingerprint density at radius 2 is 0.583 bits per heavy atom. The second-order valence-electron chi connectivity index (χ2n) is 10.0. The van der Waals surface area contributed by atoms with Gasteiger partial charge in [-0.25, -0.2) is 0 Å². The standard InChI is InChI=1S/C22H48Si2/c1-17(2)23(18(3)4,19(5)6)15-13-14-16-24(20(7)8,21(9)10)22(11)12/h13-14,17-22H,15-16H2,1-12H3/b14-13+. The Bertz CT molecular complexity index is 296. The first kappa shape index (κ1) is 24.2. The van der Waals surface area contributed by atoms with Gasteiger partial charge in [0.25, 0.3) is 0 Å². The molecular weight excluding hydrogens is 320 g/mol. The van der Waals surface area contributed by atoms with E-state index in [1.807, 2.05) is 0 Å². The lowest BCUT2D eigenvalue weighted by molar-refractivity contribution is 0.806. The molecule has 0 spiro atoms. The molecule has 0 amide bonds. The highest BCUT2D eigenvalue weighted by molar-refractivity contribution is 6.84. The Morgan fingerprint density at radius 1 is 0.417 bits per heavy atom. The van der Waals surface area contributed by atoms with E-state index in [1.54, 1.807) is 0 Å². The summed E-state index contributed by atoms with van der Waals surface area (Å²) in [5.74, 6) is 0. The van der Waals surface area contributed by atoms with Crippen molar-refractivity contribution in [2.45, 2.75) is 128 Å². The quantitative estimate of drug-likeness (QED) is 0.266. The molecule has 0 aliphatic carbocycles. The van der Waals surface area contributed by atoms with Crippen LogP contribution in [-0.4, -0.2) is 16.1 Å². The van der Waals surface area contributed by atoms with Crippen molar-refractivity contribution >= 4 is 16.1 Å². The molecule has 0 heterocycles. The monoisotopic (exact) mass is 368 g/mol. The Balaban J connectivity index is 5.38. The number of hydrogen-bond acceptors (Lipinski definition) is 0. The predicted molar refractivity (Wildman–Crippen MR) is 121 cm³/mol. The van der Waals surface area contributed by atoms with Crippen molar-refractivity contribution in [3.63, 3.8) is 0 Å². The van der Waals surface area contributed by atoms with E-state index < -0.39 is 16.1 Å². The molecule has 0 unspecified atom stereocenters. The van der Waals surface area contributed by atoms with Gasteiger partial charge in [-0.2, -0.15) is 0 Å². The molecule has 0 saturated heterocycles. The van der Waals surface area contributed by atoms with Crippen LogP contribution >= 0.6 is 0 Å². The minimum Gasteiger partial charge on any atom is -0.0914 e. The molecule has 0 aromatic carbocycles. The fourth-order valence-corrected chi connectivity index (χ4v) is 18.0. The van der Waals surface area contributed by atoms with E-state index in [9.17, 15) is 0 Å². The van der Waals surface area contributed by atoms with E-state index in [1.165, 1.54) is 12.1 Å². The van der Waals surface area contributed by atoms with Crippen LogP contribution < -0.4 is 0 Å². The average molecular weight is 369 g/mol. The van der Waals surface area contributed by atoms with Crippen LogP contribution in [0, 0.1) is 0 Å². The highest BCUT2D eigenvalue weighted by Crippen LogP contribution is 2.46. The maximum atomic E-state index is 2.61. The lowest BCUT2D eigenvalue weighted by atomic mass is 10.5. The summed E-state index contributed by atoms with van der Waals surface area (Å²) in [7, 11) is -2.55. The summed E-state index contributed by atoms with van der Waals surface area (Å²) in [6.45, 7) is 29.8. The molecular formula is C22H48Si2. The average Bonchev–Trinajstić information content (AvgIpc) is 2.40. The maximum Gasteiger partial charge on any atom is 0.0650 e. The van der Waals surface area contributed by atoms with Gasteiger partial charge < -0.3 is 0 Å². The fraction of sp³-hybridized carbons (Fsp3) is 0.909. The van der Waals surface area contributed by atoms with Crippen LogP contribution in [0.4, 0.5) is 0 Å². The summed E-state index contributed by atoms with van der Waals surface area (Å²) in [5, 5.41) is 0. The summed E-state index contributed by atoms with van der Waals surface area (Å²) >= 11 is 0. The normalized spacial score (nSPS) is 14.6. The molecule has 0 N–H and O–H groups in total. The van der Waals surface area contributed by atoms with Crippen LogP contribution in [0.5, 0.6) is 0 Å². The van der Waals surface area contributed by atoms with Crippen LogP contribution in [0.25, 0.3) is 0 Å². The topological polar surface area (TPSA) is 0 Å². The minimum atomic E-state index is -1.28. The highest BCUT2D eigenvalue weighted by Gasteiger charge is 2.42. The lowest BCUT2D eigenvalue weighted by Crippen LogP contribution is -2.44. The molecule has 0 fully saturated rings. The van der Waals surface area contributed by atoms with E-state index in [2.05, 4.69) is 95.2 Å². The largest absolute Gasteiger partial charge is 0.0914 e. The maximum absolute atomic E-state index is 2.61. The Labute approximate surface area is 156 Å². The zero-order chi connectivity index (χ0) is 19.3. The van der Waals surface area contributed by atoms with Crippen LogP contribution in [-0.2, 0) is 0 Å². The van der Waals surface area contributed by atoms with Crippen molar-refractivity contribution in [1.29, 1.82) is 0 Å². The first-order chi connectivity index (χ1) is 10.9. The third-order valence-electron chi connectivity index (χ3n) is 7.56. The van der Waals surface area contributed by atoms with Crippen molar-refractivity contribution in [2.75, 3.05) is 0 Å². The van der Waals surface area contributed by atoms with Crippen molar-refractivity contribution < 1.29 is 0 Å². The van der Waals surface area contributed by atoms with E-state index in [-0.39, 0.29) is 0 Å². The molecule has 0 aromatic heterocycles. The second-order valence-corrected chi connectivity index (χ2v) is 22.2. The molecule has 0 saturated carbocycles. The molecule has 0 atom stereocenters. The Morgan fingerprint density at radius 3 is 0.708 bits per heavy atom. The molecule has 0 bridgehead atoms. The van der Waals surface area contributed by atoms with Gasteiger partial charge in [-0.15, -0.1) is 0 Å². The molecule has 0 aliphatic rings. The zero-order valence-electron chi connectivity index (χ0n) is 19.0. The third kappa shape index (κ3) is 4.87. The molecule has 0 nitrogen and oxygen atoms in total. The minimum absolute atomic E-state index is 0.865. The predicted octanol–water partition coefficient (Wildman–Crippen LogP) is 8.90. The molecule has 0 aliphatic heterocycles. The third-order valence-corrected chi connectivity index (χ3v) is 22.3. The summed E-state index contributed by atoms with van der Waals surface area (Å²) in [5.41, 5.74) is 5.19. The second kappa shape index (κ2) is 9.76. The van der Waals surface area contributed by atoms with Gasteiger partial charge in [-0.05, 0) is 12.1 Å². The summed E-state index contributed by atoms with van der Waals surface area (Å²) in [6, 6.07) is 2.75. The molecule has 2 heteroatoms. The molecule has 0 radical (unpaired) electrons. The lowest BCUT2D eigenvalue weighted by Gasteiger charge is -2.44. The highest BCUT2D eigenvalue weighted by atomic mass is 28.3. The van der Waals surface area contributed by atoms with Gasteiger partial charge in [0.1, 0.15) is 0 Å². The van der Waals surface area contributed by atoms with Crippen LogP contribution in [0.3, 0.4) is 0 Å². The SMILES string of the molecule is CC(C)[Si](C/C=C/C[Si](C(C)C)(C(C)C)C(C)C)(C(C)C)C(C)C. The van der Waals surface area contributed by atoms with Crippen molar-refractivity contribution in [1.82, 2.24) is 0 Å². The Hall–Kier alpha value is 0.174. The van der Waals surface area contributed by atoms with Gasteiger partial charge in [0.15, 0.2) is 0 Å². The molecule has 0 aromatic rings. The molecule has 24 heavy (non-hydrogen) atoms. The van der Waals surface area contributed by atoms with E-state index >= 15 is 0 Å². The van der Waals surface area contributed by atoms with Gasteiger partial charge in [0, 0.05) is 0 Å². The van der Waals surface area contributed by atoms with Crippen molar-refractivity contribution in [3.05, 3.63) is 12.2 Å². The molecule has 0 rings (SSSR count).